The fourth-order valence-corrected chi connectivity index (χ4v) is 3.14. The minimum absolute atomic E-state index is 0.0607. The van der Waals surface area contributed by atoms with Crippen LogP contribution in [-0.4, -0.2) is 29.9 Å². The van der Waals surface area contributed by atoms with Crippen LogP contribution in [0.15, 0.2) is 47.1 Å². The molecule has 1 fully saturated rings. The summed E-state index contributed by atoms with van der Waals surface area (Å²) >= 11 is 3.40. The third-order valence-electron chi connectivity index (χ3n) is 3.93. The maximum atomic E-state index is 12.6. The number of amides is 2. The number of benzene rings is 1. The molecule has 2 aromatic rings. The molecule has 25 heavy (non-hydrogen) atoms. The first-order valence-corrected chi connectivity index (χ1v) is 8.82. The predicted molar refractivity (Wildman–Crippen MR) is 98.6 cm³/mol. The number of hydrogen-bond acceptors (Lipinski definition) is 4. The molecule has 1 atom stereocenters. The zero-order chi connectivity index (χ0) is 17.8. The van der Waals surface area contributed by atoms with Crippen LogP contribution < -0.4 is 15.0 Å². The fourth-order valence-electron chi connectivity index (χ4n) is 2.75. The second-order valence-electron chi connectivity index (χ2n) is 5.66. The van der Waals surface area contributed by atoms with Crippen molar-refractivity contribution in [2.24, 2.45) is 5.92 Å². The summed E-state index contributed by atoms with van der Waals surface area (Å²) in [5, 5.41) is 2.83. The van der Waals surface area contributed by atoms with Crippen LogP contribution in [0.3, 0.4) is 0 Å². The summed E-state index contributed by atoms with van der Waals surface area (Å²) in [7, 11) is 0. The Morgan fingerprint density at radius 2 is 2.24 bits per heavy atom. The fraction of sp³-hybridized carbons (Fsp3) is 0.278. The van der Waals surface area contributed by atoms with Crippen molar-refractivity contribution in [2.75, 3.05) is 23.4 Å². The van der Waals surface area contributed by atoms with Crippen molar-refractivity contribution in [1.29, 1.82) is 0 Å². The van der Waals surface area contributed by atoms with Gasteiger partial charge in [-0.2, -0.15) is 0 Å². The Kier molecular flexibility index (Phi) is 5.33. The zero-order valence-corrected chi connectivity index (χ0v) is 15.3. The largest absolute Gasteiger partial charge is 0.476 e. The van der Waals surface area contributed by atoms with Crippen LogP contribution in [0.5, 0.6) is 5.88 Å². The number of ether oxygens (including phenoxy) is 1. The molecule has 1 aliphatic rings. The van der Waals surface area contributed by atoms with Crippen molar-refractivity contribution >= 4 is 39.1 Å². The molecule has 1 aliphatic heterocycles. The summed E-state index contributed by atoms with van der Waals surface area (Å²) in [4.78, 5) is 30.7. The second kappa shape index (κ2) is 7.65. The maximum absolute atomic E-state index is 12.6. The van der Waals surface area contributed by atoms with E-state index in [0.717, 1.165) is 10.2 Å². The number of pyridine rings is 1. The van der Waals surface area contributed by atoms with Crippen LogP contribution in [0.4, 0.5) is 11.4 Å². The molecule has 3 rings (SSSR count). The van der Waals surface area contributed by atoms with Crippen molar-refractivity contribution in [3.05, 3.63) is 47.1 Å². The Morgan fingerprint density at radius 3 is 3.00 bits per heavy atom. The van der Waals surface area contributed by atoms with Crippen LogP contribution in [0, 0.1) is 5.92 Å². The van der Waals surface area contributed by atoms with Crippen molar-refractivity contribution in [3.8, 4) is 5.88 Å². The minimum Gasteiger partial charge on any atom is -0.476 e. The van der Waals surface area contributed by atoms with Gasteiger partial charge >= 0.3 is 0 Å². The van der Waals surface area contributed by atoms with E-state index in [-0.39, 0.29) is 18.2 Å². The Morgan fingerprint density at radius 1 is 1.40 bits per heavy atom. The SMILES string of the molecule is CCOc1ncccc1NC(=O)C1CC(=O)N(c2cccc(Br)c2)C1. The highest BCUT2D eigenvalue weighted by Crippen LogP contribution is 2.29. The molecule has 7 heteroatoms. The van der Waals surface area contributed by atoms with Gasteiger partial charge in [0.2, 0.25) is 17.7 Å². The van der Waals surface area contributed by atoms with Gasteiger partial charge in [-0.3, -0.25) is 9.59 Å². The molecule has 1 unspecified atom stereocenters. The van der Waals surface area contributed by atoms with Gasteiger partial charge in [-0.25, -0.2) is 4.98 Å². The Labute approximate surface area is 154 Å². The van der Waals surface area contributed by atoms with Crippen molar-refractivity contribution in [2.45, 2.75) is 13.3 Å². The third kappa shape index (κ3) is 3.99. The second-order valence-corrected chi connectivity index (χ2v) is 6.58. The van der Waals surface area contributed by atoms with E-state index in [1.54, 1.807) is 23.2 Å². The van der Waals surface area contributed by atoms with Crippen LogP contribution in [0.1, 0.15) is 13.3 Å². The third-order valence-corrected chi connectivity index (χ3v) is 4.42. The Hall–Kier alpha value is -2.41. The topological polar surface area (TPSA) is 71.5 Å². The molecule has 0 spiro atoms. The Balaban J connectivity index is 1.71. The van der Waals surface area contributed by atoms with Crippen LogP contribution >= 0.6 is 15.9 Å². The molecule has 0 bridgehead atoms. The number of halogens is 1. The lowest BCUT2D eigenvalue weighted by Gasteiger charge is -2.17. The first kappa shape index (κ1) is 17.4. The van der Waals surface area contributed by atoms with Gasteiger partial charge in [-0.1, -0.05) is 22.0 Å². The summed E-state index contributed by atoms with van der Waals surface area (Å²) in [6, 6.07) is 10.9. The first-order chi connectivity index (χ1) is 12.1. The van der Waals surface area contributed by atoms with Gasteiger partial charge in [0.25, 0.3) is 0 Å². The zero-order valence-electron chi connectivity index (χ0n) is 13.7. The van der Waals surface area contributed by atoms with Crippen molar-refractivity contribution in [3.63, 3.8) is 0 Å². The van der Waals surface area contributed by atoms with E-state index in [4.69, 9.17) is 4.74 Å². The van der Waals surface area contributed by atoms with E-state index in [1.165, 1.54) is 0 Å². The van der Waals surface area contributed by atoms with E-state index in [9.17, 15) is 9.59 Å². The molecule has 1 saturated heterocycles. The molecule has 1 aromatic carbocycles. The number of carbonyl (C=O) groups is 2. The highest BCUT2D eigenvalue weighted by Gasteiger charge is 2.35. The van der Waals surface area contributed by atoms with Crippen molar-refractivity contribution in [1.82, 2.24) is 4.98 Å². The summed E-state index contributed by atoms with van der Waals surface area (Å²) in [6.07, 6.45) is 1.79. The average Bonchev–Trinajstić information content (AvgIpc) is 2.99. The summed E-state index contributed by atoms with van der Waals surface area (Å²) in [5.74, 6) is -0.304. The molecule has 2 amide bonds. The number of nitrogens with one attached hydrogen (secondary N) is 1. The lowest BCUT2D eigenvalue weighted by molar-refractivity contribution is -0.122. The van der Waals surface area contributed by atoms with E-state index in [2.05, 4.69) is 26.2 Å². The van der Waals surface area contributed by atoms with Crippen LogP contribution in [0.2, 0.25) is 0 Å². The van der Waals surface area contributed by atoms with Gasteiger partial charge in [-0.15, -0.1) is 0 Å². The molecular formula is C18H18BrN3O3. The number of nitrogens with zero attached hydrogens (tertiary/aromatic N) is 2. The standard InChI is InChI=1S/C18H18BrN3O3/c1-2-25-18-15(7-4-8-20-18)21-17(24)12-9-16(23)22(11-12)14-6-3-5-13(19)10-14/h3-8,10,12H,2,9,11H2,1H3,(H,21,24). The maximum Gasteiger partial charge on any atom is 0.237 e. The monoisotopic (exact) mass is 403 g/mol. The van der Waals surface area contributed by atoms with E-state index < -0.39 is 5.92 Å². The predicted octanol–water partition coefficient (Wildman–Crippen LogP) is 3.23. The average molecular weight is 404 g/mol. The van der Waals surface area contributed by atoms with E-state index in [1.807, 2.05) is 31.2 Å². The molecule has 1 N–H and O–H groups in total. The van der Waals surface area contributed by atoms with Gasteiger partial charge in [0.05, 0.1) is 12.5 Å². The molecular weight excluding hydrogens is 386 g/mol. The number of hydrogen-bond donors (Lipinski definition) is 1. The molecule has 130 valence electrons. The molecule has 1 aromatic heterocycles. The van der Waals surface area contributed by atoms with Gasteiger partial charge < -0.3 is 15.0 Å². The normalized spacial score (nSPS) is 16.8. The van der Waals surface area contributed by atoms with Crippen LogP contribution in [-0.2, 0) is 9.59 Å². The lowest BCUT2D eigenvalue weighted by atomic mass is 10.1. The molecule has 6 nitrogen and oxygen atoms in total. The summed E-state index contributed by atoms with van der Waals surface area (Å²) < 4.78 is 6.31. The lowest BCUT2D eigenvalue weighted by Crippen LogP contribution is -2.28. The molecule has 0 aliphatic carbocycles. The van der Waals surface area contributed by atoms with E-state index >= 15 is 0 Å². The summed E-state index contributed by atoms with van der Waals surface area (Å²) in [5.41, 5.74) is 1.30. The number of aromatic nitrogens is 1. The van der Waals surface area contributed by atoms with Gasteiger partial charge in [0.1, 0.15) is 5.69 Å². The van der Waals surface area contributed by atoms with Crippen LogP contribution in [0.25, 0.3) is 0 Å². The van der Waals surface area contributed by atoms with Gasteiger partial charge in [-0.05, 0) is 37.3 Å². The minimum atomic E-state index is -0.416. The first-order valence-electron chi connectivity index (χ1n) is 8.03. The summed E-state index contributed by atoms with van der Waals surface area (Å²) in [6.45, 7) is 2.66. The highest BCUT2D eigenvalue weighted by atomic mass is 79.9. The van der Waals surface area contributed by atoms with Crippen molar-refractivity contribution < 1.29 is 14.3 Å². The van der Waals surface area contributed by atoms with Gasteiger partial charge in [0, 0.05) is 29.3 Å². The number of carbonyl (C=O) groups excluding carboxylic acids is 2. The molecule has 0 radical (unpaired) electrons. The smallest absolute Gasteiger partial charge is 0.237 e. The molecule has 0 saturated carbocycles. The number of anilines is 2. The highest BCUT2D eigenvalue weighted by molar-refractivity contribution is 9.10. The van der Waals surface area contributed by atoms with Gasteiger partial charge in [0.15, 0.2) is 0 Å². The molecule has 2 heterocycles. The number of rotatable bonds is 5. The Bertz CT molecular complexity index is 797. The quantitative estimate of drug-likeness (QED) is 0.831. The van der Waals surface area contributed by atoms with E-state index in [0.29, 0.717) is 24.7 Å².